The Morgan fingerprint density at radius 3 is 2.83 bits per heavy atom. The van der Waals surface area contributed by atoms with E-state index in [1.54, 1.807) is 11.0 Å². The molecule has 128 valence electrons. The molecule has 1 fully saturated rings. The van der Waals surface area contributed by atoms with Gasteiger partial charge >= 0.3 is 12.0 Å². The first kappa shape index (κ1) is 16.1. The van der Waals surface area contributed by atoms with Crippen LogP contribution in [0.3, 0.4) is 0 Å². The third kappa shape index (κ3) is 2.99. The number of carboxylic acids is 1. The van der Waals surface area contributed by atoms with Gasteiger partial charge in [-0.3, -0.25) is 0 Å². The molecule has 0 spiro atoms. The predicted molar refractivity (Wildman–Crippen MR) is 82.6 cm³/mol. The van der Waals surface area contributed by atoms with Crippen molar-refractivity contribution in [3.8, 4) is 0 Å². The van der Waals surface area contributed by atoms with Crippen molar-refractivity contribution in [3.05, 3.63) is 40.7 Å². The highest BCUT2D eigenvalue weighted by molar-refractivity contribution is 5.84. The molecule has 24 heavy (non-hydrogen) atoms. The molecule has 1 aliphatic heterocycles. The first-order valence-corrected chi connectivity index (χ1v) is 7.76. The minimum atomic E-state index is -1.13. The number of amides is 2. The molecule has 0 bridgehead atoms. The van der Waals surface area contributed by atoms with Crippen LogP contribution in [0, 0.1) is 13.8 Å². The number of aromatic carboxylic acids is 1. The lowest BCUT2D eigenvalue weighted by Crippen LogP contribution is -2.39. The normalized spacial score (nSPS) is 17.2. The van der Waals surface area contributed by atoms with Gasteiger partial charge in [-0.05, 0) is 38.8 Å². The van der Waals surface area contributed by atoms with Crippen molar-refractivity contribution in [1.82, 2.24) is 15.4 Å². The van der Waals surface area contributed by atoms with Gasteiger partial charge in [-0.2, -0.15) is 0 Å². The second-order valence-electron chi connectivity index (χ2n) is 5.82. The number of rotatable bonds is 4. The average Bonchev–Trinajstić information content (AvgIpc) is 3.25. The van der Waals surface area contributed by atoms with Crippen molar-refractivity contribution < 1.29 is 23.6 Å². The van der Waals surface area contributed by atoms with E-state index in [0.29, 0.717) is 12.3 Å². The molecule has 8 heteroatoms. The van der Waals surface area contributed by atoms with Crippen LogP contribution in [0.15, 0.2) is 21.1 Å². The van der Waals surface area contributed by atoms with Crippen LogP contribution in [0.5, 0.6) is 0 Å². The molecule has 0 radical (unpaired) electrons. The number of hydrogen-bond acceptors (Lipinski definition) is 5. The lowest BCUT2D eigenvalue weighted by Gasteiger charge is -2.24. The van der Waals surface area contributed by atoms with Crippen LogP contribution in [0.25, 0.3) is 0 Å². The van der Waals surface area contributed by atoms with E-state index < -0.39 is 5.97 Å². The largest absolute Gasteiger partial charge is 0.475 e. The Bertz CT molecular complexity index is 744. The summed E-state index contributed by atoms with van der Waals surface area (Å²) in [7, 11) is 0. The van der Waals surface area contributed by atoms with E-state index >= 15 is 0 Å². The lowest BCUT2D eigenvalue weighted by molar-refractivity contribution is 0.0660. The van der Waals surface area contributed by atoms with Gasteiger partial charge in [-0.1, -0.05) is 5.16 Å². The van der Waals surface area contributed by atoms with Crippen LogP contribution in [-0.4, -0.2) is 33.7 Å². The number of likely N-dealkylation sites (tertiary alicyclic amines) is 1. The number of aryl methyl sites for hydroxylation is 2. The first-order valence-electron chi connectivity index (χ1n) is 7.76. The number of nitrogens with zero attached hydrogens (tertiary/aromatic N) is 2. The summed E-state index contributed by atoms with van der Waals surface area (Å²) in [4.78, 5) is 25.0. The molecule has 2 aromatic heterocycles. The zero-order valence-electron chi connectivity index (χ0n) is 13.5. The molecular formula is C16H19N3O5. The molecule has 8 nitrogen and oxygen atoms in total. The van der Waals surface area contributed by atoms with Gasteiger partial charge in [0.2, 0.25) is 5.76 Å². The summed E-state index contributed by atoms with van der Waals surface area (Å²) in [5, 5.41) is 15.6. The first-order chi connectivity index (χ1) is 11.5. The summed E-state index contributed by atoms with van der Waals surface area (Å²) in [6, 6.07) is 2.64. The summed E-state index contributed by atoms with van der Waals surface area (Å²) >= 11 is 0. The highest BCUT2D eigenvalue weighted by atomic mass is 16.5. The predicted octanol–water partition coefficient (Wildman–Crippen LogP) is 2.63. The smallest absolute Gasteiger partial charge is 0.371 e. The van der Waals surface area contributed by atoms with E-state index in [1.165, 1.54) is 6.07 Å². The van der Waals surface area contributed by atoms with Crippen molar-refractivity contribution in [2.24, 2.45) is 0 Å². The van der Waals surface area contributed by atoms with Gasteiger partial charge in [0.05, 0.1) is 18.3 Å². The Labute approximate surface area is 138 Å². The third-order valence-corrected chi connectivity index (χ3v) is 4.22. The summed E-state index contributed by atoms with van der Waals surface area (Å²) in [5.74, 6) is -0.150. The molecule has 3 heterocycles. The molecular weight excluding hydrogens is 314 g/mol. The number of carbonyl (C=O) groups is 2. The Morgan fingerprint density at radius 1 is 1.42 bits per heavy atom. The van der Waals surface area contributed by atoms with Crippen molar-refractivity contribution >= 4 is 12.0 Å². The Balaban J connectivity index is 1.66. The minimum Gasteiger partial charge on any atom is -0.475 e. The standard InChI is InChI=1S/C16H19N3O5/c1-9-14(10(2)24-18-9)12-4-3-7-19(12)16(22)17-8-11-5-6-13(23-11)15(20)21/h5-6,12H,3-4,7-8H2,1-2H3,(H,17,22)(H,20,21)/t12-/m0/s1. The molecule has 3 rings (SSSR count). The number of carbonyl (C=O) groups excluding carboxylic acids is 1. The van der Waals surface area contributed by atoms with E-state index in [-0.39, 0.29) is 24.4 Å². The van der Waals surface area contributed by atoms with Crippen molar-refractivity contribution in [2.45, 2.75) is 39.3 Å². The van der Waals surface area contributed by atoms with E-state index in [0.717, 1.165) is 29.9 Å². The molecule has 2 N–H and O–H groups in total. The average molecular weight is 333 g/mol. The topological polar surface area (TPSA) is 109 Å². The second-order valence-corrected chi connectivity index (χ2v) is 5.82. The zero-order valence-corrected chi connectivity index (χ0v) is 13.5. The monoisotopic (exact) mass is 333 g/mol. The van der Waals surface area contributed by atoms with Crippen LogP contribution < -0.4 is 5.32 Å². The van der Waals surface area contributed by atoms with Crippen LogP contribution in [-0.2, 0) is 6.54 Å². The van der Waals surface area contributed by atoms with Crippen LogP contribution in [0.1, 0.15) is 52.2 Å². The molecule has 0 unspecified atom stereocenters. The Morgan fingerprint density at radius 2 is 2.21 bits per heavy atom. The summed E-state index contributed by atoms with van der Waals surface area (Å²) < 4.78 is 10.3. The molecule has 0 saturated carbocycles. The molecule has 2 aromatic rings. The molecule has 2 amide bonds. The summed E-state index contributed by atoms with van der Waals surface area (Å²) in [6.07, 6.45) is 1.77. The maximum atomic E-state index is 12.5. The molecule has 0 aliphatic carbocycles. The molecule has 1 atom stereocenters. The maximum Gasteiger partial charge on any atom is 0.371 e. The van der Waals surface area contributed by atoms with Gasteiger partial charge in [0, 0.05) is 12.1 Å². The van der Waals surface area contributed by atoms with Gasteiger partial charge in [0.1, 0.15) is 11.5 Å². The number of hydrogen-bond donors (Lipinski definition) is 2. The van der Waals surface area contributed by atoms with E-state index in [9.17, 15) is 9.59 Å². The van der Waals surface area contributed by atoms with Crippen LogP contribution in [0.4, 0.5) is 4.79 Å². The van der Waals surface area contributed by atoms with Gasteiger partial charge in [0.25, 0.3) is 0 Å². The summed E-state index contributed by atoms with van der Waals surface area (Å²) in [5.41, 5.74) is 1.77. The van der Waals surface area contributed by atoms with Gasteiger partial charge in [0.15, 0.2) is 0 Å². The van der Waals surface area contributed by atoms with Crippen molar-refractivity contribution in [1.29, 1.82) is 0 Å². The van der Waals surface area contributed by atoms with E-state index in [4.69, 9.17) is 14.0 Å². The number of urea groups is 1. The number of furan rings is 1. The van der Waals surface area contributed by atoms with E-state index in [1.807, 2.05) is 13.8 Å². The van der Waals surface area contributed by atoms with Crippen molar-refractivity contribution in [3.63, 3.8) is 0 Å². The second kappa shape index (κ2) is 6.38. The maximum absolute atomic E-state index is 12.5. The molecule has 1 aliphatic rings. The van der Waals surface area contributed by atoms with Gasteiger partial charge in [-0.15, -0.1) is 0 Å². The highest BCUT2D eigenvalue weighted by Crippen LogP contribution is 2.35. The fourth-order valence-corrected chi connectivity index (χ4v) is 3.13. The number of carboxylic acid groups (broad SMARTS) is 1. The highest BCUT2D eigenvalue weighted by Gasteiger charge is 2.33. The third-order valence-electron chi connectivity index (χ3n) is 4.22. The summed E-state index contributed by atoms with van der Waals surface area (Å²) in [6.45, 7) is 4.51. The fourth-order valence-electron chi connectivity index (χ4n) is 3.13. The quantitative estimate of drug-likeness (QED) is 0.890. The van der Waals surface area contributed by atoms with Crippen LogP contribution >= 0.6 is 0 Å². The zero-order chi connectivity index (χ0) is 17.3. The van der Waals surface area contributed by atoms with E-state index in [2.05, 4.69) is 10.5 Å². The number of aromatic nitrogens is 1. The van der Waals surface area contributed by atoms with Crippen molar-refractivity contribution in [2.75, 3.05) is 6.54 Å². The minimum absolute atomic E-state index is 0.0533. The Hall–Kier alpha value is -2.77. The number of nitrogens with one attached hydrogen (secondary N) is 1. The Kier molecular flexibility index (Phi) is 4.28. The molecule has 1 saturated heterocycles. The van der Waals surface area contributed by atoms with Gasteiger partial charge < -0.3 is 24.3 Å². The SMILES string of the molecule is Cc1noc(C)c1[C@@H]1CCCN1C(=O)NCc1ccc(C(=O)O)o1. The molecule has 0 aromatic carbocycles. The fraction of sp³-hybridized carbons (Fsp3) is 0.438. The van der Waals surface area contributed by atoms with Crippen LogP contribution in [0.2, 0.25) is 0 Å². The van der Waals surface area contributed by atoms with Gasteiger partial charge in [-0.25, -0.2) is 9.59 Å². The lowest BCUT2D eigenvalue weighted by atomic mass is 10.0.